The number of benzene rings is 3. The van der Waals surface area contributed by atoms with Gasteiger partial charge in [-0.15, -0.1) is 0 Å². The smallest absolute Gasteiger partial charge is 0.242 e. The predicted octanol–water partition coefficient (Wildman–Crippen LogP) is 4.24. The predicted molar refractivity (Wildman–Crippen MR) is 152 cm³/mol. The van der Waals surface area contributed by atoms with Gasteiger partial charge in [-0.1, -0.05) is 66.7 Å². The van der Waals surface area contributed by atoms with Crippen molar-refractivity contribution < 1.29 is 18.0 Å². The lowest BCUT2D eigenvalue weighted by Crippen LogP contribution is -2.50. The topological polar surface area (TPSA) is 86.8 Å². The van der Waals surface area contributed by atoms with E-state index in [1.165, 1.54) is 10.6 Å². The van der Waals surface area contributed by atoms with Gasteiger partial charge < -0.3 is 10.2 Å². The fraction of sp³-hybridized carbons (Fsp3) is 0.333. The number of sulfonamides is 1. The van der Waals surface area contributed by atoms with E-state index in [1.54, 1.807) is 18.0 Å². The molecule has 2 amide bonds. The zero-order valence-corrected chi connectivity index (χ0v) is 23.4. The van der Waals surface area contributed by atoms with Crippen molar-refractivity contribution in [3.8, 4) is 0 Å². The summed E-state index contributed by atoms with van der Waals surface area (Å²) in [6.45, 7) is 4.33. The van der Waals surface area contributed by atoms with Crippen LogP contribution >= 0.6 is 0 Å². The number of hydrogen-bond acceptors (Lipinski definition) is 4. The number of aryl methyl sites for hydroxylation is 2. The first-order chi connectivity index (χ1) is 18.1. The molecule has 0 aliphatic heterocycles. The number of nitrogens with zero attached hydrogens (tertiary/aromatic N) is 2. The molecule has 3 aromatic carbocycles. The minimum absolute atomic E-state index is 0.103. The number of amides is 2. The summed E-state index contributed by atoms with van der Waals surface area (Å²) in [7, 11) is -1.97. The van der Waals surface area contributed by atoms with E-state index in [9.17, 15) is 18.0 Å². The number of anilines is 1. The highest BCUT2D eigenvalue weighted by Gasteiger charge is 2.30. The summed E-state index contributed by atoms with van der Waals surface area (Å²) in [6, 6.07) is 24.0. The van der Waals surface area contributed by atoms with Crippen molar-refractivity contribution in [1.29, 1.82) is 0 Å². The second-order valence-electron chi connectivity index (χ2n) is 9.55. The van der Waals surface area contributed by atoms with Crippen LogP contribution in [0.4, 0.5) is 5.69 Å². The van der Waals surface area contributed by atoms with Crippen LogP contribution in [0.3, 0.4) is 0 Å². The van der Waals surface area contributed by atoms with Gasteiger partial charge in [0.05, 0.1) is 11.9 Å². The second kappa shape index (κ2) is 13.2. The molecular formula is C30H37N3O4S. The summed E-state index contributed by atoms with van der Waals surface area (Å²) >= 11 is 0. The van der Waals surface area contributed by atoms with E-state index >= 15 is 0 Å². The van der Waals surface area contributed by atoms with Gasteiger partial charge in [0.25, 0.3) is 0 Å². The molecule has 0 saturated carbocycles. The fourth-order valence-electron chi connectivity index (χ4n) is 4.48. The summed E-state index contributed by atoms with van der Waals surface area (Å²) in [6.07, 6.45) is 1.96. The van der Waals surface area contributed by atoms with Gasteiger partial charge in [0, 0.05) is 33.0 Å². The van der Waals surface area contributed by atoms with Gasteiger partial charge in [-0.2, -0.15) is 0 Å². The van der Waals surface area contributed by atoms with Crippen molar-refractivity contribution in [2.45, 2.75) is 45.7 Å². The lowest BCUT2D eigenvalue weighted by Gasteiger charge is -2.32. The van der Waals surface area contributed by atoms with E-state index in [4.69, 9.17) is 0 Å². The third-order valence-corrected chi connectivity index (χ3v) is 7.76. The van der Waals surface area contributed by atoms with Crippen molar-refractivity contribution in [1.82, 2.24) is 10.2 Å². The number of rotatable bonds is 12. The maximum atomic E-state index is 13.7. The molecule has 0 unspecified atom stereocenters. The van der Waals surface area contributed by atoms with Gasteiger partial charge in [0.1, 0.15) is 6.04 Å². The number of hydrogen-bond donors (Lipinski definition) is 1. The van der Waals surface area contributed by atoms with Crippen molar-refractivity contribution in [2.24, 2.45) is 0 Å². The summed E-state index contributed by atoms with van der Waals surface area (Å²) in [5.41, 5.74) is 4.46. The lowest BCUT2D eigenvalue weighted by molar-refractivity contribution is -0.141. The average molecular weight is 536 g/mol. The highest BCUT2D eigenvalue weighted by Crippen LogP contribution is 2.21. The molecule has 0 aliphatic rings. The Kier molecular flexibility index (Phi) is 10.1. The SMILES string of the molecule is CNC(=O)[C@@H](Cc1ccccc1)N(Cc1ccccc1C)C(=O)CCCN(c1cccc(C)c1)S(C)(=O)=O. The Hall–Kier alpha value is -3.65. The third kappa shape index (κ3) is 7.92. The van der Waals surface area contributed by atoms with Gasteiger partial charge >= 0.3 is 0 Å². The van der Waals surface area contributed by atoms with E-state index in [2.05, 4.69) is 5.32 Å². The molecular weight excluding hydrogens is 498 g/mol. The molecule has 0 aromatic heterocycles. The quantitative estimate of drug-likeness (QED) is 0.376. The Morgan fingerprint density at radius 1 is 0.921 bits per heavy atom. The molecule has 38 heavy (non-hydrogen) atoms. The van der Waals surface area contributed by atoms with E-state index in [1.807, 2.05) is 86.6 Å². The van der Waals surface area contributed by atoms with Crippen LogP contribution in [0.15, 0.2) is 78.9 Å². The minimum Gasteiger partial charge on any atom is -0.357 e. The maximum Gasteiger partial charge on any atom is 0.242 e. The van der Waals surface area contributed by atoms with Gasteiger partial charge in [0.2, 0.25) is 21.8 Å². The van der Waals surface area contributed by atoms with Gasteiger partial charge in [-0.05, 0) is 54.7 Å². The normalized spacial score (nSPS) is 12.0. The summed E-state index contributed by atoms with van der Waals surface area (Å²) in [5.74, 6) is -0.441. The van der Waals surface area contributed by atoms with Crippen molar-refractivity contribution in [3.63, 3.8) is 0 Å². The van der Waals surface area contributed by atoms with Gasteiger partial charge in [0.15, 0.2) is 0 Å². The van der Waals surface area contributed by atoms with Gasteiger partial charge in [-0.3, -0.25) is 13.9 Å². The summed E-state index contributed by atoms with van der Waals surface area (Å²) < 4.78 is 26.4. The first-order valence-electron chi connectivity index (χ1n) is 12.7. The van der Waals surface area contributed by atoms with Crippen LogP contribution in [0.5, 0.6) is 0 Å². The van der Waals surface area contributed by atoms with Crippen LogP contribution in [-0.4, -0.2) is 51.0 Å². The standard InChI is InChI=1S/C30H37N3O4S/c1-23-12-10-17-27(20-23)33(38(4,36)37)19-11-18-29(34)32(22-26-16-9-8-13-24(26)2)28(30(35)31-3)21-25-14-6-5-7-15-25/h5-10,12-17,20,28H,11,18-19,21-22H2,1-4H3,(H,31,35)/t28-/m1/s1. The first-order valence-corrected chi connectivity index (χ1v) is 14.6. The molecule has 7 nitrogen and oxygen atoms in total. The molecule has 3 aromatic rings. The molecule has 0 aliphatic carbocycles. The molecule has 8 heteroatoms. The molecule has 0 spiro atoms. The number of nitrogens with one attached hydrogen (secondary N) is 1. The molecule has 1 N–H and O–H groups in total. The molecule has 3 rings (SSSR count). The molecule has 0 heterocycles. The fourth-order valence-corrected chi connectivity index (χ4v) is 5.44. The van der Waals surface area contributed by atoms with Crippen LogP contribution in [0.1, 0.15) is 35.1 Å². The van der Waals surface area contributed by atoms with Crippen molar-refractivity contribution in [2.75, 3.05) is 24.2 Å². The minimum atomic E-state index is -3.54. The number of likely N-dealkylation sites (N-methyl/N-ethyl adjacent to an activating group) is 1. The second-order valence-corrected chi connectivity index (χ2v) is 11.5. The van der Waals surface area contributed by atoms with Crippen LogP contribution in [0, 0.1) is 13.8 Å². The third-order valence-electron chi connectivity index (χ3n) is 6.56. The zero-order valence-electron chi connectivity index (χ0n) is 22.6. The molecule has 0 radical (unpaired) electrons. The molecule has 0 saturated heterocycles. The van der Waals surface area contributed by atoms with E-state index in [-0.39, 0.29) is 31.3 Å². The summed E-state index contributed by atoms with van der Waals surface area (Å²) in [4.78, 5) is 28.4. The molecule has 1 atom stereocenters. The highest BCUT2D eigenvalue weighted by molar-refractivity contribution is 7.92. The number of carbonyl (C=O) groups excluding carboxylic acids is 2. The van der Waals surface area contributed by atoms with Crippen LogP contribution in [0.25, 0.3) is 0 Å². The Morgan fingerprint density at radius 3 is 2.24 bits per heavy atom. The zero-order chi connectivity index (χ0) is 27.7. The van der Waals surface area contributed by atoms with Crippen molar-refractivity contribution in [3.05, 3.63) is 101 Å². The summed E-state index contributed by atoms with van der Waals surface area (Å²) in [5, 5.41) is 2.72. The average Bonchev–Trinajstić information content (AvgIpc) is 2.89. The maximum absolute atomic E-state index is 13.7. The number of carbonyl (C=O) groups is 2. The molecule has 0 bridgehead atoms. The van der Waals surface area contributed by atoms with Crippen LogP contribution < -0.4 is 9.62 Å². The van der Waals surface area contributed by atoms with Crippen molar-refractivity contribution >= 4 is 27.5 Å². The molecule has 202 valence electrons. The Balaban J connectivity index is 1.85. The lowest BCUT2D eigenvalue weighted by atomic mass is 10.0. The van der Waals surface area contributed by atoms with Crippen LogP contribution in [-0.2, 0) is 32.6 Å². The Morgan fingerprint density at radius 2 is 1.61 bits per heavy atom. The monoisotopic (exact) mass is 535 g/mol. The van der Waals surface area contributed by atoms with Crippen LogP contribution in [0.2, 0.25) is 0 Å². The Bertz CT molecular complexity index is 1340. The first kappa shape index (κ1) is 28.9. The molecule has 0 fully saturated rings. The van der Waals surface area contributed by atoms with E-state index in [0.29, 0.717) is 18.5 Å². The van der Waals surface area contributed by atoms with Gasteiger partial charge in [-0.25, -0.2) is 8.42 Å². The van der Waals surface area contributed by atoms with E-state index in [0.717, 1.165) is 22.3 Å². The Labute approximate surface area is 226 Å². The highest BCUT2D eigenvalue weighted by atomic mass is 32.2. The van der Waals surface area contributed by atoms with E-state index < -0.39 is 16.1 Å². The largest absolute Gasteiger partial charge is 0.357 e.